The summed E-state index contributed by atoms with van der Waals surface area (Å²) in [7, 11) is 1.80. The Balaban J connectivity index is 1.82. The lowest BCUT2D eigenvalue weighted by Crippen LogP contribution is -2.54. The number of nitrogens with one attached hydrogen (secondary N) is 1. The predicted octanol–water partition coefficient (Wildman–Crippen LogP) is 1.76. The van der Waals surface area contributed by atoms with Crippen LogP contribution in [0.25, 0.3) is 0 Å². The van der Waals surface area contributed by atoms with Crippen LogP contribution in [0.1, 0.15) is 13.8 Å². The number of nitrogens with zero attached hydrogens (tertiary/aromatic N) is 3. The van der Waals surface area contributed by atoms with Crippen LogP contribution in [0, 0.1) is 0 Å². The van der Waals surface area contributed by atoms with Crippen LogP contribution < -0.4 is 5.32 Å². The molecule has 1 saturated heterocycles. The second-order valence-electron chi connectivity index (χ2n) is 6.41. The second-order valence-corrected chi connectivity index (χ2v) is 6.84. The minimum Gasteiger partial charge on any atom is -0.339 e. The number of carbonyl (C=O) groups is 2. The Morgan fingerprint density at radius 2 is 1.80 bits per heavy atom. The first-order valence-corrected chi connectivity index (χ1v) is 9.05. The third-order valence-electron chi connectivity index (χ3n) is 4.67. The van der Waals surface area contributed by atoms with Gasteiger partial charge in [-0.05, 0) is 44.8 Å². The Hall–Kier alpha value is -1.63. The summed E-state index contributed by atoms with van der Waals surface area (Å²) in [6.07, 6.45) is 0. The van der Waals surface area contributed by atoms with Crippen molar-refractivity contribution < 1.29 is 9.59 Å². The lowest BCUT2D eigenvalue weighted by atomic mass is 10.2. The van der Waals surface area contributed by atoms with Crippen LogP contribution in [0.2, 0.25) is 5.02 Å². The fourth-order valence-electron chi connectivity index (χ4n) is 2.83. The van der Waals surface area contributed by atoms with Crippen molar-refractivity contribution in [2.45, 2.75) is 19.9 Å². The smallest absolute Gasteiger partial charge is 0.239 e. The molecule has 0 spiro atoms. The van der Waals surface area contributed by atoms with Crippen molar-refractivity contribution in [2.75, 3.05) is 51.6 Å². The molecule has 0 aromatic heterocycles. The minimum atomic E-state index is -0.329. The monoisotopic (exact) mass is 366 g/mol. The highest BCUT2D eigenvalue weighted by Crippen LogP contribution is 2.13. The molecule has 1 aromatic carbocycles. The number of piperazine rings is 1. The summed E-state index contributed by atoms with van der Waals surface area (Å²) in [6, 6.07) is 6.62. The maximum absolute atomic E-state index is 12.6. The molecule has 1 heterocycles. The first-order valence-electron chi connectivity index (χ1n) is 8.67. The highest BCUT2D eigenvalue weighted by Gasteiger charge is 2.27. The largest absolute Gasteiger partial charge is 0.339 e. The van der Waals surface area contributed by atoms with E-state index in [1.807, 2.05) is 11.8 Å². The molecule has 0 unspecified atom stereocenters. The highest BCUT2D eigenvalue weighted by atomic mass is 35.5. The summed E-state index contributed by atoms with van der Waals surface area (Å²) in [6.45, 7) is 8.49. The molecule has 1 fully saturated rings. The van der Waals surface area contributed by atoms with Gasteiger partial charge in [0.2, 0.25) is 11.8 Å². The average molecular weight is 367 g/mol. The predicted molar refractivity (Wildman–Crippen MR) is 101 cm³/mol. The summed E-state index contributed by atoms with van der Waals surface area (Å²) in [5, 5.41) is 3.44. The molecule has 1 aromatic rings. The van der Waals surface area contributed by atoms with Crippen LogP contribution in [-0.2, 0) is 9.59 Å². The summed E-state index contributed by atoms with van der Waals surface area (Å²) < 4.78 is 0. The fourth-order valence-corrected chi connectivity index (χ4v) is 2.96. The molecule has 0 radical (unpaired) electrons. The molecule has 1 N–H and O–H groups in total. The van der Waals surface area contributed by atoms with Crippen molar-refractivity contribution in [3.8, 4) is 0 Å². The molecule has 0 bridgehead atoms. The van der Waals surface area contributed by atoms with Gasteiger partial charge in [-0.15, -0.1) is 0 Å². The van der Waals surface area contributed by atoms with E-state index < -0.39 is 0 Å². The number of halogens is 1. The van der Waals surface area contributed by atoms with Gasteiger partial charge >= 0.3 is 0 Å². The lowest BCUT2D eigenvalue weighted by molar-refractivity contribution is -0.138. The van der Waals surface area contributed by atoms with E-state index in [0.29, 0.717) is 10.7 Å². The number of anilines is 1. The third kappa shape index (κ3) is 5.70. The van der Waals surface area contributed by atoms with E-state index in [-0.39, 0.29) is 24.4 Å². The SMILES string of the molecule is CCN1CCN(C(=O)[C@H](C)N(C)CC(=O)Nc2ccc(Cl)cc2)CC1. The molecule has 6 nitrogen and oxygen atoms in total. The van der Waals surface area contributed by atoms with E-state index in [2.05, 4.69) is 17.1 Å². The maximum Gasteiger partial charge on any atom is 0.239 e. The first-order chi connectivity index (χ1) is 11.9. The molecule has 25 heavy (non-hydrogen) atoms. The number of hydrogen-bond acceptors (Lipinski definition) is 4. The van der Waals surface area contributed by atoms with E-state index in [0.717, 1.165) is 32.7 Å². The van der Waals surface area contributed by atoms with E-state index >= 15 is 0 Å². The van der Waals surface area contributed by atoms with Gasteiger partial charge in [-0.25, -0.2) is 0 Å². The van der Waals surface area contributed by atoms with Crippen LogP contribution in [0.5, 0.6) is 0 Å². The zero-order valence-electron chi connectivity index (χ0n) is 15.2. The van der Waals surface area contributed by atoms with Crippen molar-refractivity contribution in [3.63, 3.8) is 0 Å². The van der Waals surface area contributed by atoms with Gasteiger partial charge < -0.3 is 15.1 Å². The van der Waals surface area contributed by atoms with Gasteiger partial charge in [-0.3, -0.25) is 14.5 Å². The molecule has 2 rings (SSSR count). The standard InChI is InChI=1S/C18H27ClN4O2/c1-4-22-9-11-23(12-10-22)18(25)14(2)21(3)13-17(24)20-16-7-5-15(19)6-8-16/h5-8,14H,4,9-13H2,1-3H3,(H,20,24)/t14-/m0/s1. The molecular weight excluding hydrogens is 340 g/mol. The van der Waals surface area contributed by atoms with E-state index in [1.54, 1.807) is 36.2 Å². The van der Waals surface area contributed by atoms with Crippen LogP contribution in [-0.4, -0.2) is 78.9 Å². The molecule has 7 heteroatoms. The Bertz CT molecular complexity index is 585. The summed E-state index contributed by atoms with van der Waals surface area (Å²) >= 11 is 5.83. The van der Waals surface area contributed by atoms with Gasteiger partial charge in [0, 0.05) is 36.9 Å². The van der Waals surface area contributed by atoms with E-state index in [1.165, 1.54) is 0 Å². The number of benzene rings is 1. The Labute approximate surface area is 154 Å². The zero-order chi connectivity index (χ0) is 18.4. The van der Waals surface area contributed by atoms with Crippen molar-refractivity contribution in [3.05, 3.63) is 29.3 Å². The zero-order valence-corrected chi connectivity index (χ0v) is 15.9. The second kappa shape index (κ2) is 9.17. The van der Waals surface area contributed by atoms with Gasteiger partial charge in [0.1, 0.15) is 0 Å². The van der Waals surface area contributed by atoms with E-state index in [4.69, 9.17) is 11.6 Å². The summed E-state index contributed by atoms with van der Waals surface area (Å²) in [5.74, 6) is -0.0715. The molecule has 0 saturated carbocycles. The van der Waals surface area contributed by atoms with Crippen molar-refractivity contribution in [1.29, 1.82) is 0 Å². The van der Waals surface area contributed by atoms with Crippen molar-refractivity contribution in [2.24, 2.45) is 0 Å². The summed E-state index contributed by atoms with van der Waals surface area (Å²) in [4.78, 5) is 30.8. The first kappa shape index (κ1) is 19.7. The molecular formula is C18H27ClN4O2. The van der Waals surface area contributed by atoms with Crippen LogP contribution >= 0.6 is 11.6 Å². The van der Waals surface area contributed by atoms with Crippen molar-refractivity contribution >= 4 is 29.1 Å². The average Bonchev–Trinajstić information content (AvgIpc) is 2.62. The Morgan fingerprint density at radius 3 is 2.36 bits per heavy atom. The molecule has 1 atom stereocenters. The molecule has 0 aliphatic carbocycles. The topological polar surface area (TPSA) is 55.9 Å². The quantitative estimate of drug-likeness (QED) is 0.833. The Morgan fingerprint density at radius 1 is 1.20 bits per heavy atom. The van der Waals surface area contributed by atoms with Gasteiger partial charge in [-0.2, -0.15) is 0 Å². The molecule has 2 amide bonds. The van der Waals surface area contributed by atoms with Crippen molar-refractivity contribution in [1.82, 2.24) is 14.7 Å². The van der Waals surface area contributed by atoms with Crippen LogP contribution in [0.15, 0.2) is 24.3 Å². The van der Waals surface area contributed by atoms with E-state index in [9.17, 15) is 9.59 Å². The van der Waals surface area contributed by atoms with Gasteiger partial charge in [0.05, 0.1) is 12.6 Å². The highest BCUT2D eigenvalue weighted by molar-refractivity contribution is 6.30. The normalized spacial score (nSPS) is 16.8. The van der Waals surface area contributed by atoms with Crippen LogP contribution in [0.3, 0.4) is 0 Å². The number of carbonyl (C=O) groups excluding carboxylic acids is 2. The van der Waals surface area contributed by atoms with Gasteiger partial charge in [0.15, 0.2) is 0 Å². The number of rotatable bonds is 6. The summed E-state index contributed by atoms with van der Waals surface area (Å²) in [5.41, 5.74) is 0.692. The lowest BCUT2D eigenvalue weighted by Gasteiger charge is -2.36. The van der Waals surface area contributed by atoms with Gasteiger partial charge in [-0.1, -0.05) is 18.5 Å². The minimum absolute atomic E-state index is 0.0811. The molecule has 1 aliphatic rings. The third-order valence-corrected chi connectivity index (χ3v) is 4.92. The molecule has 1 aliphatic heterocycles. The Kier molecular flexibility index (Phi) is 7.23. The van der Waals surface area contributed by atoms with Gasteiger partial charge in [0.25, 0.3) is 0 Å². The number of amides is 2. The molecule has 138 valence electrons. The van der Waals surface area contributed by atoms with Crippen LogP contribution in [0.4, 0.5) is 5.69 Å². The maximum atomic E-state index is 12.6. The number of likely N-dealkylation sites (N-methyl/N-ethyl adjacent to an activating group) is 2. The fraction of sp³-hybridized carbons (Fsp3) is 0.556. The number of hydrogen-bond donors (Lipinski definition) is 1.